The topological polar surface area (TPSA) is 87.3 Å². The van der Waals surface area contributed by atoms with Gasteiger partial charge in [0.15, 0.2) is 0 Å². The van der Waals surface area contributed by atoms with E-state index < -0.39 is 11.8 Å². The summed E-state index contributed by atoms with van der Waals surface area (Å²) in [6.07, 6.45) is 2.38. The van der Waals surface area contributed by atoms with Gasteiger partial charge in [-0.1, -0.05) is 73.1 Å². The van der Waals surface area contributed by atoms with Crippen molar-refractivity contribution in [2.45, 2.75) is 25.2 Å². The molecule has 0 fully saturated rings. The third-order valence-electron chi connectivity index (χ3n) is 6.22. The largest absolute Gasteiger partial charge is 0.325 e. The Morgan fingerprint density at radius 2 is 1.54 bits per heavy atom. The first kappa shape index (κ1) is 29.6. The average molecular weight is 584 g/mol. The van der Waals surface area contributed by atoms with Gasteiger partial charge in [0.05, 0.1) is 5.75 Å². The summed E-state index contributed by atoms with van der Waals surface area (Å²) in [6.45, 7) is 4.05. The van der Waals surface area contributed by atoms with Gasteiger partial charge in [0, 0.05) is 26.9 Å². The van der Waals surface area contributed by atoms with Crippen LogP contribution in [0.1, 0.15) is 34.0 Å². The minimum atomic E-state index is -0.501. The lowest BCUT2D eigenvalue weighted by molar-refractivity contribution is -0.114. The zero-order valence-corrected chi connectivity index (χ0v) is 24.3. The molecule has 0 atom stereocenters. The number of nitrogens with one attached hydrogen (secondary N) is 3. The lowest BCUT2D eigenvalue weighted by Crippen LogP contribution is -2.30. The normalized spacial score (nSPS) is 11.0. The molecule has 8 heteroatoms. The molecule has 4 aromatic carbocycles. The summed E-state index contributed by atoms with van der Waals surface area (Å²) >= 11 is 7.71. The number of hydrogen-bond donors (Lipinski definition) is 3. The van der Waals surface area contributed by atoms with E-state index >= 15 is 0 Å². The van der Waals surface area contributed by atoms with Crippen LogP contribution in [-0.2, 0) is 16.0 Å². The summed E-state index contributed by atoms with van der Waals surface area (Å²) in [6, 6.07) is 28.9. The molecule has 0 aliphatic carbocycles. The van der Waals surface area contributed by atoms with E-state index in [0.717, 1.165) is 28.1 Å². The Balaban J connectivity index is 1.41. The van der Waals surface area contributed by atoms with Crippen LogP contribution < -0.4 is 16.0 Å². The Morgan fingerprint density at radius 3 is 2.24 bits per heavy atom. The Kier molecular flexibility index (Phi) is 10.4. The molecule has 0 radical (unpaired) electrons. The molecular weight excluding hydrogens is 554 g/mol. The number of halogens is 1. The molecule has 0 saturated heterocycles. The number of amides is 3. The van der Waals surface area contributed by atoms with Crippen molar-refractivity contribution in [3.05, 3.63) is 130 Å². The molecule has 0 aliphatic heterocycles. The predicted octanol–water partition coefficient (Wildman–Crippen LogP) is 7.35. The van der Waals surface area contributed by atoms with Gasteiger partial charge in [0.25, 0.3) is 11.8 Å². The van der Waals surface area contributed by atoms with Gasteiger partial charge in [-0.3, -0.25) is 14.4 Å². The van der Waals surface area contributed by atoms with Gasteiger partial charge >= 0.3 is 0 Å². The summed E-state index contributed by atoms with van der Waals surface area (Å²) in [5.41, 5.74) is 4.61. The van der Waals surface area contributed by atoms with Crippen LogP contribution in [0.3, 0.4) is 0 Å². The van der Waals surface area contributed by atoms with E-state index in [1.807, 2.05) is 43.3 Å². The van der Waals surface area contributed by atoms with Crippen LogP contribution in [-0.4, -0.2) is 23.5 Å². The van der Waals surface area contributed by atoms with Gasteiger partial charge in [-0.15, -0.1) is 11.8 Å². The molecule has 41 heavy (non-hydrogen) atoms. The van der Waals surface area contributed by atoms with Gasteiger partial charge in [0.1, 0.15) is 5.70 Å². The second-order valence-corrected chi connectivity index (χ2v) is 10.6. The summed E-state index contributed by atoms with van der Waals surface area (Å²) < 4.78 is 0. The molecule has 4 aromatic rings. The Morgan fingerprint density at radius 1 is 0.829 bits per heavy atom. The van der Waals surface area contributed by atoms with Crippen molar-refractivity contribution in [3.63, 3.8) is 0 Å². The number of benzene rings is 4. The number of para-hydroxylation sites is 1. The van der Waals surface area contributed by atoms with Crippen LogP contribution in [0.15, 0.2) is 108 Å². The Labute approximate surface area is 249 Å². The summed E-state index contributed by atoms with van der Waals surface area (Å²) in [4.78, 5) is 39.6. The fraction of sp³-hybridized carbons (Fsp3) is 0.121. The summed E-state index contributed by atoms with van der Waals surface area (Å²) in [5.74, 6) is -0.751. The van der Waals surface area contributed by atoms with Crippen molar-refractivity contribution in [1.82, 2.24) is 5.32 Å². The minimum Gasteiger partial charge on any atom is -0.325 e. The maximum Gasteiger partial charge on any atom is 0.272 e. The van der Waals surface area contributed by atoms with Gasteiger partial charge in [0.2, 0.25) is 5.91 Å². The number of rotatable bonds is 10. The third-order valence-corrected chi connectivity index (χ3v) is 7.58. The zero-order valence-electron chi connectivity index (χ0n) is 22.7. The lowest BCUT2D eigenvalue weighted by atomic mass is 10.1. The van der Waals surface area contributed by atoms with Crippen molar-refractivity contribution < 1.29 is 14.4 Å². The van der Waals surface area contributed by atoms with Crippen LogP contribution in [0.2, 0.25) is 5.02 Å². The molecule has 0 aliphatic rings. The summed E-state index contributed by atoms with van der Waals surface area (Å²) in [5, 5.41) is 9.02. The quantitative estimate of drug-likeness (QED) is 0.134. The van der Waals surface area contributed by atoms with Gasteiger partial charge in [-0.2, -0.15) is 0 Å². The average Bonchev–Trinajstić information content (AvgIpc) is 2.99. The van der Waals surface area contributed by atoms with Crippen LogP contribution in [0.5, 0.6) is 0 Å². The molecule has 0 spiro atoms. The van der Waals surface area contributed by atoms with E-state index in [9.17, 15) is 14.4 Å². The molecule has 3 N–H and O–H groups in total. The van der Waals surface area contributed by atoms with Crippen molar-refractivity contribution in [2.75, 3.05) is 16.4 Å². The number of hydrogen-bond acceptors (Lipinski definition) is 4. The SMILES string of the molecule is CCc1cccc(C)c1NC(=O)CSc1ccc(NC(=O)/C(=C/c2ccccc2Cl)NC(=O)c2ccccc2)cc1. The van der Waals surface area contributed by atoms with E-state index in [-0.39, 0.29) is 17.4 Å². The van der Waals surface area contributed by atoms with Crippen LogP contribution in [0.4, 0.5) is 11.4 Å². The maximum atomic E-state index is 13.3. The van der Waals surface area contributed by atoms with Crippen LogP contribution >= 0.6 is 23.4 Å². The van der Waals surface area contributed by atoms with Gasteiger partial charge in [-0.25, -0.2) is 0 Å². The molecule has 0 saturated carbocycles. The van der Waals surface area contributed by atoms with Gasteiger partial charge in [-0.05, 0) is 78.6 Å². The molecule has 4 rings (SSSR count). The number of thioether (sulfide) groups is 1. The van der Waals surface area contributed by atoms with Gasteiger partial charge < -0.3 is 16.0 Å². The first-order valence-electron chi connectivity index (χ1n) is 13.1. The molecule has 0 aromatic heterocycles. The monoisotopic (exact) mass is 583 g/mol. The highest BCUT2D eigenvalue weighted by molar-refractivity contribution is 8.00. The fourth-order valence-electron chi connectivity index (χ4n) is 4.05. The highest BCUT2D eigenvalue weighted by atomic mass is 35.5. The highest BCUT2D eigenvalue weighted by Gasteiger charge is 2.16. The molecule has 0 bridgehead atoms. The standard InChI is InChI=1S/C33H30ClN3O3S/c1-3-23-14-9-10-22(2)31(23)37-30(38)21-41-27-18-16-26(17-19-27)35-33(40)29(20-25-13-7-8-15-28(25)34)36-32(39)24-11-5-4-6-12-24/h4-20H,3,21H2,1-2H3,(H,35,40)(H,36,39)(H,37,38)/b29-20-. The maximum absolute atomic E-state index is 13.3. The first-order valence-corrected chi connectivity index (χ1v) is 14.5. The first-order chi connectivity index (χ1) is 19.8. The van der Waals surface area contributed by atoms with Crippen molar-refractivity contribution >= 4 is 58.5 Å². The number of anilines is 2. The fourth-order valence-corrected chi connectivity index (χ4v) is 4.94. The lowest BCUT2D eigenvalue weighted by Gasteiger charge is -2.13. The number of aryl methyl sites for hydroxylation is 2. The molecule has 3 amide bonds. The van der Waals surface area contributed by atoms with Crippen LogP contribution in [0, 0.1) is 6.92 Å². The summed E-state index contributed by atoms with van der Waals surface area (Å²) in [7, 11) is 0. The van der Waals surface area contributed by atoms with E-state index in [4.69, 9.17) is 11.6 Å². The van der Waals surface area contributed by atoms with E-state index in [1.165, 1.54) is 11.8 Å². The second kappa shape index (κ2) is 14.3. The smallest absolute Gasteiger partial charge is 0.272 e. The van der Waals surface area contributed by atoms with E-state index in [0.29, 0.717) is 21.8 Å². The predicted molar refractivity (Wildman–Crippen MR) is 168 cm³/mol. The third kappa shape index (κ3) is 8.33. The van der Waals surface area contributed by atoms with Crippen molar-refractivity contribution in [1.29, 1.82) is 0 Å². The van der Waals surface area contributed by atoms with Crippen LogP contribution in [0.25, 0.3) is 6.08 Å². The Bertz CT molecular complexity index is 1570. The molecule has 208 valence electrons. The molecular formula is C33H30ClN3O3S. The molecule has 0 heterocycles. The number of carbonyl (C=O) groups excluding carboxylic acids is 3. The highest BCUT2D eigenvalue weighted by Crippen LogP contribution is 2.24. The Hall–Kier alpha value is -4.33. The van der Waals surface area contributed by atoms with E-state index in [1.54, 1.807) is 66.7 Å². The van der Waals surface area contributed by atoms with Crippen molar-refractivity contribution in [3.8, 4) is 0 Å². The zero-order chi connectivity index (χ0) is 29.2. The molecule has 0 unspecified atom stereocenters. The number of carbonyl (C=O) groups is 3. The molecule has 6 nitrogen and oxygen atoms in total. The second-order valence-electron chi connectivity index (χ2n) is 9.18. The van der Waals surface area contributed by atoms with Crippen molar-refractivity contribution in [2.24, 2.45) is 0 Å². The van der Waals surface area contributed by atoms with E-state index in [2.05, 4.69) is 22.9 Å². The minimum absolute atomic E-state index is 0.0460.